The van der Waals surface area contributed by atoms with E-state index < -0.39 is 17.5 Å². The molecule has 0 radical (unpaired) electrons. The lowest BCUT2D eigenvalue weighted by Crippen LogP contribution is -2.57. The van der Waals surface area contributed by atoms with Crippen molar-refractivity contribution in [2.45, 2.75) is 70.9 Å². The number of urea groups is 1. The van der Waals surface area contributed by atoms with Crippen LogP contribution < -0.4 is 5.32 Å². The summed E-state index contributed by atoms with van der Waals surface area (Å²) in [6.07, 6.45) is 5.22. The Hall–Kier alpha value is -1.59. The average Bonchev–Trinajstić information content (AvgIpc) is 3.10. The van der Waals surface area contributed by atoms with Crippen LogP contribution in [0.3, 0.4) is 0 Å². The van der Waals surface area contributed by atoms with Gasteiger partial charge in [-0.1, -0.05) is 33.6 Å². The first-order chi connectivity index (χ1) is 11.7. The minimum Gasteiger partial charge on any atom is -0.461 e. The second-order valence-corrected chi connectivity index (χ2v) is 9.09. The van der Waals surface area contributed by atoms with Crippen molar-refractivity contribution in [3.8, 4) is 0 Å². The van der Waals surface area contributed by atoms with E-state index in [2.05, 4.69) is 26.1 Å². The van der Waals surface area contributed by atoms with Crippen LogP contribution in [0.15, 0.2) is 0 Å². The molecule has 5 aliphatic rings. The number of esters is 1. The molecule has 0 unspecified atom stereocenters. The van der Waals surface area contributed by atoms with E-state index in [0.29, 0.717) is 36.0 Å². The topological polar surface area (TPSA) is 75.7 Å². The first-order valence-electron chi connectivity index (χ1n) is 9.58. The summed E-state index contributed by atoms with van der Waals surface area (Å²) in [7, 11) is 0. The van der Waals surface area contributed by atoms with Crippen molar-refractivity contribution < 1.29 is 19.1 Å². The number of ether oxygens (including phenoxy) is 1. The molecule has 1 saturated heterocycles. The second kappa shape index (κ2) is 5.45. The summed E-state index contributed by atoms with van der Waals surface area (Å²) in [6.45, 7) is 6.48. The van der Waals surface area contributed by atoms with Gasteiger partial charge in [-0.25, -0.2) is 4.79 Å². The van der Waals surface area contributed by atoms with Crippen molar-refractivity contribution in [3.05, 3.63) is 0 Å². The smallest absolute Gasteiger partial charge is 0.326 e. The van der Waals surface area contributed by atoms with Crippen LogP contribution in [0.2, 0.25) is 0 Å². The highest BCUT2D eigenvalue weighted by Gasteiger charge is 2.57. The van der Waals surface area contributed by atoms with Crippen LogP contribution in [0.25, 0.3) is 0 Å². The van der Waals surface area contributed by atoms with Gasteiger partial charge in [0.2, 0.25) is 0 Å². The highest BCUT2D eigenvalue weighted by molar-refractivity contribution is 6.08. The molecule has 0 aromatic carbocycles. The van der Waals surface area contributed by atoms with Gasteiger partial charge in [0.1, 0.15) is 18.2 Å². The maximum absolute atomic E-state index is 12.6. The van der Waals surface area contributed by atoms with Gasteiger partial charge in [-0.3, -0.25) is 14.5 Å². The van der Waals surface area contributed by atoms with Gasteiger partial charge in [0.15, 0.2) is 0 Å². The Morgan fingerprint density at radius 3 is 2.52 bits per heavy atom. The van der Waals surface area contributed by atoms with Crippen LogP contribution in [0.1, 0.15) is 59.3 Å². The summed E-state index contributed by atoms with van der Waals surface area (Å²) in [5.41, 5.74) is -0.427. The van der Waals surface area contributed by atoms with E-state index in [4.69, 9.17) is 4.74 Å². The van der Waals surface area contributed by atoms with Gasteiger partial charge in [0, 0.05) is 0 Å². The summed E-state index contributed by atoms with van der Waals surface area (Å²) in [5, 5.41) is 2.80. The van der Waals surface area contributed by atoms with E-state index in [9.17, 15) is 14.4 Å². The highest BCUT2D eigenvalue weighted by Crippen LogP contribution is 2.61. The van der Waals surface area contributed by atoms with E-state index >= 15 is 0 Å². The highest BCUT2D eigenvalue weighted by atomic mass is 16.5. The van der Waals surface area contributed by atoms with Crippen molar-refractivity contribution in [1.82, 2.24) is 10.2 Å². The molecule has 5 rings (SSSR count). The monoisotopic (exact) mass is 348 g/mol. The molecular weight excluding hydrogens is 320 g/mol. The molecule has 1 spiro atoms. The number of carbonyl (C=O) groups excluding carboxylic acids is 3. The average molecular weight is 348 g/mol. The normalized spacial score (nSPS) is 37.8. The molecule has 6 heteroatoms. The minimum atomic E-state index is -0.763. The van der Waals surface area contributed by atoms with Crippen molar-refractivity contribution in [2.24, 2.45) is 23.2 Å². The fourth-order valence-electron chi connectivity index (χ4n) is 5.73. The van der Waals surface area contributed by atoms with Crippen molar-refractivity contribution in [2.75, 3.05) is 6.54 Å². The second-order valence-electron chi connectivity index (χ2n) is 9.09. The Bertz CT molecular complexity index is 623. The Balaban J connectivity index is 1.37. The molecule has 1 aliphatic heterocycles. The first kappa shape index (κ1) is 16.9. The summed E-state index contributed by atoms with van der Waals surface area (Å²) in [6, 6.07) is -0.454. The van der Waals surface area contributed by atoms with E-state index in [1.165, 1.54) is 6.42 Å². The zero-order chi connectivity index (χ0) is 18.0. The minimum absolute atomic E-state index is 0.0921. The van der Waals surface area contributed by atoms with Crippen molar-refractivity contribution in [1.29, 1.82) is 0 Å². The van der Waals surface area contributed by atoms with Gasteiger partial charge in [-0.15, -0.1) is 0 Å². The number of imide groups is 1. The third kappa shape index (κ3) is 2.40. The number of amides is 3. The van der Waals surface area contributed by atoms with Gasteiger partial charge in [0.05, 0.1) is 0 Å². The van der Waals surface area contributed by atoms with Gasteiger partial charge in [-0.2, -0.15) is 0 Å². The fraction of sp³-hybridized carbons (Fsp3) is 0.842. The maximum Gasteiger partial charge on any atom is 0.326 e. The van der Waals surface area contributed by atoms with Gasteiger partial charge in [0.25, 0.3) is 5.91 Å². The third-order valence-electron chi connectivity index (χ3n) is 7.56. The summed E-state index contributed by atoms with van der Waals surface area (Å²) in [4.78, 5) is 38.2. The first-order valence-corrected chi connectivity index (χ1v) is 9.58. The molecule has 0 aromatic heterocycles. The van der Waals surface area contributed by atoms with E-state index in [1.54, 1.807) is 0 Å². The Morgan fingerprint density at radius 1 is 1.24 bits per heavy atom. The van der Waals surface area contributed by atoms with Crippen LogP contribution in [0.4, 0.5) is 4.79 Å². The fourth-order valence-corrected chi connectivity index (χ4v) is 5.73. The number of rotatable bonds is 3. The number of carbonyl (C=O) groups is 3. The van der Waals surface area contributed by atoms with Gasteiger partial charge in [-0.05, 0) is 48.9 Å². The van der Waals surface area contributed by atoms with E-state index in [0.717, 1.165) is 24.2 Å². The molecule has 6 nitrogen and oxygen atoms in total. The predicted octanol–water partition coefficient (Wildman–Crippen LogP) is 2.46. The molecule has 1 N–H and O–H groups in total. The van der Waals surface area contributed by atoms with Gasteiger partial charge < -0.3 is 10.1 Å². The molecule has 5 fully saturated rings. The number of hydrogen-bond acceptors (Lipinski definition) is 4. The molecular formula is C19H28N2O4. The van der Waals surface area contributed by atoms with Crippen molar-refractivity contribution >= 4 is 17.9 Å². The van der Waals surface area contributed by atoms with Crippen LogP contribution >= 0.6 is 0 Å². The lowest BCUT2D eigenvalue weighted by molar-refractivity contribution is -0.186. The van der Waals surface area contributed by atoms with Crippen LogP contribution in [-0.4, -0.2) is 41.0 Å². The third-order valence-corrected chi connectivity index (χ3v) is 7.56. The Kier molecular flexibility index (Phi) is 3.68. The summed E-state index contributed by atoms with van der Waals surface area (Å²) >= 11 is 0. The molecule has 0 aromatic rings. The van der Waals surface area contributed by atoms with Crippen LogP contribution in [0, 0.1) is 23.2 Å². The number of hydrogen-bond donors (Lipinski definition) is 1. The molecule has 1 heterocycles. The number of fused-ring (bicyclic) bond motifs is 2. The molecule has 25 heavy (non-hydrogen) atoms. The van der Waals surface area contributed by atoms with E-state index in [1.807, 2.05) is 0 Å². The van der Waals surface area contributed by atoms with Crippen LogP contribution in [0.5, 0.6) is 0 Å². The Labute approximate surface area is 148 Å². The molecule has 4 atom stereocenters. The lowest BCUT2D eigenvalue weighted by atomic mass is 9.45. The molecule has 138 valence electrons. The van der Waals surface area contributed by atoms with Crippen LogP contribution in [-0.2, 0) is 14.3 Å². The lowest BCUT2D eigenvalue weighted by Gasteiger charge is -2.61. The maximum atomic E-state index is 12.6. The van der Waals surface area contributed by atoms with E-state index in [-0.39, 0.29) is 18.6 Å². The standard InChI is InChI=1S/C19H28N2O4/c1-11-13-8-12(18(13,2)3)9-14(11)25-15(22)10-21-16(23)19(20-17(21)24)6-4-5-7-19/h11-14H,4-10H2,1-3H3,(H,20,24)/t11-,12+,13+,14-/m0/s1. The molecule has 2 bridgehead atoms. The quantitative estimate of drug-likeness (QED) is 0.628. The Morgan fingerprint density at radius 2 is 1.92 bits per heavy atom. The summed E-state index contributed by atoms with van der Waals surface area (Å²) in [5.74, 6) is 0.794. The zero-order valence-electron chi connectivity index (χ0n) is 15.3. The zero-order valence-corrected chi connectivity index (χ0v) is 15.3. The largest absolute Gasteiger partial charge is 0.461 e. The number of nitrogens with zero attached hydrogens (tertiary/aromatic N) is 1. The summed E-state index contributed by atoms with van der Waals surface area (Å²) < 4.78 is 5.69. The molecule has 3 amide bonds. The SMILES string of the molecule is C[C@@H]1[C@@H](OC(=O)CN2C(=O)NC3(CCCC3)C2=O)C[C@H]2C[C@H]1C2(C)C. The number of nitrogens with one attached hydrogen (secondary N) is 1. The molecule has 4 saturated carbocycles. The van der Waals surface area contributed by atoms with Crippen molar-refractivity contribution in [3.63, 3.8) is 0 Å². The molecule has 4 aliphatic carbocycles. The predicted molar refractivity (Wildman–Crippen MR) is 90.5 cm³/mol. The van der Waals surface area contributed by atoms with Gasteiger partial charge >= 0.3 is 12.0 Å².